The van der Waals surface area contributed by atoms with Gasteiger partial charge in [0.25, 0.3) is 5.88 Å². The van der Waals surface area contributed by atoms with Crippen LogP contribution in [0.4, 0.5) is 10.6 Å². The summed E-state index contributed by atoms with van der Waals surface area (Å²) < 4.78 is 10.4. The van der Waals surface area contributed by atoms with Crippen molar-refractivity contribution < 1.29 is 14.3 Å². The van der Waals surface area contributed by atoms with Gasteiger partial charge >= 0.3 is 6.09 Å². The quantitative estimate of drug-likeness (QED) is 0.801. The maximum atomic E-state index is 12.0. The minimum absolute atomic E-state index is 0.214. The summed E-state index contributed by atoms with van der Waals surface area (Å²) in [6, 6.07) is 14.4. The monoisotopic (exact) mass is 309 g/mol. The summed E-state index contributed by atoms with van der Waals surface area (Å²) in [7, 11) is 1.47. The molecule has 1 heterocycles. The van der Waals surface area contributed by atoms with Crippen LogP contribution in [0.5, 0.6) is 11.6 Å². The molecule has 0 aliphatic carbocycles. The van der Waals surface area contributed by atoms with E-state index in [0.717, 1.165) is 5.56 Å². The van der Waals surface area contributed by atoms with Gasteiger partial charge in [-0.2, -0.15) is 0 Å². The number of carbonyl (C=O) groups excluding carboxylic acids is 1. The van der Waals surface area contributed by atoms with E-state index >= 15 is 0 Å². The Morgan fingerprint density at radius 3 is 2.57 bits per heavy atom. The van der Waals surface area contributed by atoms with Gasteiger partial charge in [-0.1, -0.05) is 24.3 Å². The maximum Gasteiger partial charge on any atom is 0.418 e. The Labute approximate surface area is 133 Å². The first-order valence-corrected chi connectivity index (χ1v) is 7.02. The van der Waals surface area contributed by atoms with Crippen molar-refractivity contribution in [1.82, 2.24) is 9.97 Å². The zero-order valence-corrected chi connectivity index (χ0v) is 12.7. The number of fused-ring (bicyclic) bond motifs is 1. The molecule has 0 aliphatic rings. The van der Waals surface area contributed by atoms with Crippen molar-refractivity contribution in [2.24, 2.45) is 0 Å². The van der Waals surface area contributed by atoms with Gasteiger partial charge in [-0.3, -0.25) is 5.32 Å². The molecule has 1 N–H and O–H groups in total. The van der Waals surface area contributed by atoms with Crippen LogP contribution in [0.25, 0.3) is 11.0 Å². The summed E-state index contributed by atoms with van der Waals surface area (Å²) in [5.74, 6) is 0.881. The molecule has 2 aromatic carbocycles. The number of amides is 1. The van der Waals surface area contributed by atoms with E-state index in [1.165, 1.54) is 7.11 Å². The number of aryl methyl sites for hydroxylation is 1. The number of aromatic nitrogens is 2. The summed E-state index contributed by atoms with van der Waals surface area (Å²) in [5.41, 5.74) is 2.41. The fourth-order valence-electron chi connectivity index (χ4n) is 2.09. The maximum absolute atomic E-state index is 12.0. The minimum atomic E-state index is -0.657. The number of para-hydroxylation sites is 1. The molecule has 6 heteroatoms. The van der Waals surface area contributed by atoms with E-state index in [4.69, 9.17) is 9.47 Å². The molecule has 0 unspecified atom stereocenters. The van der Waals surface area contributed by atoms with Gasteiger partial charge in [-0.15, -0.1) is 0 Å². The smallest absolute Gasteiger partial charge is 0.418 e. The van der Waals surface area contributed by atoms with Crippen molar-refractivity contribution in [3.05, 3.63) is 54.1 Å². The lowest BCUT2D eigenvalue weighted by atomic mass is 10.2. The average Bonchev–Trinajstić information content (AvgIpc) is 2.55. The molecule has 0 atom stereocenters. The number of carbonyl (C=O) groups is 1. The summed E-state index contributed by atoms with van der Waals surface area (Å²) in [5, 5.41) is 2.56. The number of rotatable bonds is 3. The molecule has 0 bridgehead atoms. The zero-order chi connectivity index (χ0) is 16.2. The number of benzene rings is 2. The lowest BCUT2D eigenvalue weighted by molar-refractivity contribution is 0.215. The van der Waals surface area contributed by atoms with Crippen LogP contribution < -0.4 is 14.8 Å². The topological polar surface area (TPSA) is 73.3 Å². The van der Waals surface area contributed by atoms with Gasteiger partial charge in [0.1, 0.15) is 5.75 Å². The molecular formula is C17H15N3O3. The first kappa shape index (κ1) is 14.8. The van der Waals surface area contributed by atoms with E-state index < -0.39 is 6.09 Å². The molecule has 23 heavy (non-hydrogen) atoms. The van der Waals surface area contributed by atoms with E-state index in [0.29, 0.717) is 16.8 Å². The number of nitrogens with one attached hydrogen (secondary N) is 1. The molecular weight excluding hydrogens is 294 g/mol. The Morgan fingerprint density at radius 2 is 1.83 bits per heavy atom. The molecule has 0 spiro atoms. The molecule has 116 valence electrons. The molecule has 0 saturated carbocycles. The summed E-state index contributed by atoms with van der Waals surface area (Å²) in [6.45, 7) is 1.96. The highest BCUT2D eigenvalue weighted by Gasteiger charge is 2.14. The summed E-state index contributed by atoms with van der Waals surface area (Å²) in [4.78, 5) is 20.7. The summed E-state index contributed by atoms with van der Waals surface area (Å²) in [6.07, 6.45) is -0.657. The molecule has 6 nitrogen and oxygen atoms in total. The number of anilines is 1. The number of nitrogens with zero attached hydrogens (tertiary/aromatic N) is 2. The predicted octanol–water partition coefficient (Wildman–Crippen LogP) is 3.56. The number of hydrogen-bond acceptors (Lipinski definition) is 5. The average molecular weight is 309 g/mol. The molecule has 3 aromatic rings. The SMILES string of the molecule is COc1nc2ccc(C)cc2nc1NC(=O)Oc1ccccc1. The van der Waals surface area contributed by atoms with E-state index in [2.05, 4.69) is 15.3 Å². The molecule has 3 rings (SSSR count). The van der Waals surface area contributed by atoms with Crippen molar-refractivity contribution >= 4 is 22.9 Å². The number of methoxy groups -OCH3 is 1. The third-order valence-corrected chi connectivity index (χ3v) is 3.16. The van der Waals surface area contributed by atoms with Crippen LogP contribution in [0.15, 0.2) is 48.5 Å². The third-order valence-electron chi connectivity index (χ3n) is 3.16. The van der Waals surface area contributed by atoms with E-state index in [1.54, 1.807) is 24.3 Å². The highest BCUT2D eigenvalue weighted by atomic mass is 16.6. The van der Waals surface area contributed by atoms with E-state index in [-0.39, 0.29) is 11.7 Å². The fraction of sp³-hybridized carbons (Fsp3) is 0.118. The van der Waals surface area contributed by atoms with Gasteiger partial charge in [0.05, 0.1) is 18.1 Å². The van der Waals surface area contributed by atoms with Gasteiger partial charge in [0.2, 0.25) is 0 Å². The third kappa shape index (κ3) is 3.37. The first-order chi connectivity index (χ1) is 11.2. The second kappa shape index (κ2) is 6.31. The Hall–Kier alpha value is -3.15. The number of ether oxygens (including phenoxy) is 2. The predicted molar refractivity (Wildman–Crippen MR) is 86.9 cm³/mol. The molecule has 0 saturated heterocycles. The lowest BCUT2D eigenvalue weighted by Gasteiger charge is -2.10. The molecule has 1 amide bonds. The molecule has 0 radical (unpaired) electrons. The van der Waals surface area contributed by atoms with Crippen molar-refractivity contribution in [2.45, 2.75) is 6.92 Å². The standard InChI is InChI=1S/C17H15N3O3/c1-11-8-9-13-14(10-11)18-15(16(19-13)22-2)20-17(21)23-12-6-4-3-5-7-12/h3-10H,1-2H3,(H,18,20,21). The Bertz CT molecular complexity index is 850. The van der Waals surface area contributed by atoms with Crippen molar-refractivity contribution in [2.75, 3.05) is 12.4 Å². The second-order valence-electron chi connectivity index (χ2n) is 4.90. The highest BCUT2D eigenvalue weighted by Crippen LogP contribution is 2.24. The molecule has 1 aromatic heterocycles. The van der Waals surface area contributed by atoms with Crippen LogP contribution in [0.3, 0.4) is 0 Å². The van der Waals surface area contributed by atoms with Gasteiger partial charge in [-0.05, 0) is 36.8 Å². The Kier molecular flexibility index (Phi) is 4.05. The highest BCUT2D eigenvalue weighted by molar-refractivity contribution is 5.88. The minimum Gasteiger partial charge on any atom is -0.478 e. The zero-order valence-electron chi connectivity index (χ0n) is 12.7. The summed E-state index contributed by atoms with van der Waals surface area (Å²) >= 11 is 0. The van der Waals surface area contributed by atoms with Crippen molar-refractivity contribution in [3.8, 4) is 11.6 Å². The van der Waals surface area contributed by atoms with Crippen LogP contribution >= 0.6 is 0 Å². The van der Waals surface area contributed by atoms with Crippen LogP contribution in [-0.2, 0) is 0 Å². The molecule has 0 aliphatic heterocycles. The van der Waals surface area contributed by atoms with Gasteiger partial charge in [0, 0.05) is 0 Å². The fourth-order valence-corrected chi connectivity index (χ4v) is 2.09. The van der Waals surface area contributed by atoms with Crippen LogP contribution in [0.2, 0.25) is 0 Å². The largest absolute Gasteiger partial charge is 0.478 e. The van der Waals surface area contributed by atoms with Gasteiger partial charge < -0.3 is 9.47 Å². The van der Waals surface area contributed by atoms with Crippen LogP contribution in [0.1, 0.15) is 5.56 Å². The Morgan fingerprint density at radius 1 is 1.04 bits per heavy atom. The Balaban J connectivity index is 1.87. The van der Waals surface area contributed by atoms with Crippen LogP contribution in [-0.4, -0.2) is 23.2 Å². The van der Waals surface area contributed by atoms with Gasteiger partial charge in [-0.25, -0.2) is 14.8 Å². The first-order valence-electron chi connectivity index (χ1n) is 7.02. The normalized spacial score (nSPS) is 10.3. The van der Waals surface area contributed by atoms with Gasteiger partial charge in [0.15, 0.2) is 5.82 Å². The van der Waals surface area contributed by atoms with Crippen LogP contribution in [0, 0.1) is 6.92 Å². The van der Waals surface area contributed by atoms with E-state index in [9.17, 15) is 4.79 Å². The number of hydrogen-bond donors (Lipinski definition) is 1. The molecule has 0 fully saturated rings. The second-order valence-corrected chi connectivity index (χ2v) is 4.90. The van der Waals surface area contributed by atoms with Crippen molar-refractivity contribution in [1.29, 1.82) is 0 Å². The lowest BCUT2D eigenvalue weighted by Crippen LogP contribution is -2.18. The van der Waals surface area contributed by atoms with E-state index in [1.807, 2.05) is 31.2 Å². The van der Waals surface area contributed by atoms with Crippen molar-refractivity contribution in [3.63, 3.8) is 0 Å².